The first kappa shape index (κ1) is 15.3. The molecule has 0 unspecified atom stereocenters. The molecule has 1 amide bonds. The minimum Gasteiger partial charge on any atom is -0.491 e. The van der Waals surface area contributed by atoms with Crippen LogP contribution in [0, 0.1) is 0 Å². The molecule has 0 aliphatic carbocycles. The number of carbonyl (C=O) groups excluding carboxylic acids is 1. The van der Waals surface area contributed by atoms with E-state index in [-0.39, 0.29) is 22.8 Å². The van der Waals surface area contributed by atoms with E-state index in [0.717, 1.165) is 0 Å². The van der Waals surface area contributed by atoms with E-state index in [1.54, 1.807) is 18.3 Å². The summed E-state index contributed by atoms with van der Waals surface area (Å²) in [6.07, 6.45) is 2.15. The third-order valence-corrected chi connectivity index (χ3v) is 2.68. The zero-order valence-corrected chi connectivity index (χ0v) is 12.2. The number of pyridine rings is 1. The van der Waals surface area contributed by atoms with E-state index in [0.29, 0.717) is 6.42 Å². The molecule has 0 aliphatic heterocycles. The predicted octanol–water partition coefficient (Wildman–Crippen LogP) is 1.72. The van der Waals surface area contributed by atoms with Gasteiger partial charge in [0.2, 0.25) is 5.91 Å². The van der Waals surface area contributed by atoms with Crippen LogP contribution in [-0.4, -0.2) is 23.1 Å². The molecule has 1 aromatic rings. The summed E-state index contributed by atoms with van der Waals surface area (Å²) in [5.74, 6) is 0.0786. The van der Waals surface area contributed by atoms with Gasteiger partial charge in [0.05, 0.1) is 7.11 Å². The molecule has 1 atom stereocenters. The SMILES string of the molecule is CC[C@@H](C(=O)NC(C)(C)C)n1cccc(OC)c1=O. The fraction of sp³-hybridized carbons (Fsp3) is 0.571. The summed E-state index contributed by atoms with van der Waals surface area (Å²) < 4.78 is 6.41. The maximum Gasteiger partial charge on any atom is 0.293 e. The third kappa shape index (κ3) is 3.84. The van der Waals surface area contributed by atoms with Gasteiger partial charge in [0, 0.05) is 11.7 Å². The molecule has 0 aromatic carbocycles. The van der Waals surface area contributed by atoms with Crippen molar-refractivity contribution < 1.29 is 9.53 Å². The van der Waals surface area contributed by atoms with Crippen LogP contribution in [0.1, 0.15) is 40.2 Å². The van der Waals surface area contributed by atoms with E-state index in [2.05, 4.69) is 5.32 Å². The van der Waals surface area contributed by atoms with Gasteiger partial charge in [0.15, 0.2) is 5.75 Å². The lowest BCUT2D eigenvalue weighted by Gasteiger charge is -2.25. The Labute approximate surface area is 113 Å². The van der Waals surface area contributed by atoms with E-state index in [1.165, 1.54) is 11.7 Å². The minimum atomic E-state index is -0.526. The van der Waals surface area contributed by atoms with Gasteiger partial charge in [0.1, 0.15) is 6.04 Å². The molecule has 0 saturated carbocycles. The molecule has 5 nitrogen and oxygen atoms in total. The molecule has 0 aliphatic rings. The number of amides is 1. The number of rotatable bonds is 4. The van der Waals surface area contributed by atoms with Crippen LogP contribution >= 0.6 is 0 Å². The van der Waals surface area contributed by atoms with Crippen LogP contribution in [0.25, 0.3) is 0 Å². The molecular weight excluding hydrogens is 244 g/mol. The number of methoxy groups -OCH3 is 1. The van der Waals surface area contributed by atoms with Gasteiger partial charge in [-0.25, -0.2) is 0 Å². The Morgan fingerprint density at radius 1 is 1.47 bits per heavy atom. The van der Waals surface area contributed by atoms with Gasteiger partial charge in [-0.2, -0.15) is 0 Å². The third-order valence-electron chi connectivity index (χ3n) is 2.68. The average Bonchev–Trinajstić information content (AvgIpc) is 2.30. The van der Waals surface area contributed by atoms with Crippen LogP contribution in [-0.2, 0) is 4.79 Å². The molecule has 19 heavy (non-hydrogen) atoms. The zero-order valence-electron chi connectivity index (χ0n) is 12.2. The first-order chi connectivity index (χ1) is 8.80. The molecule has 106 valence electrons. The van der Waals surface area contributed by atoms with Crippen molar-refractivity contribution in [1.82, 2.24) is 9.88 Å². The van der Waals surface area contributed by atoms with Gasteiger partial charge in [-0.15, -0.1) is 0 Å². The number of carbonyl (C=O) groups is 1. The van der Waals surface area contributed by atoms with Gasteiger partial charge < -0.3 is 10.1 Å². The summed E-state index contributed by atoms with van der Waals surface area (Å²) in [4.78, 5) is 24.4. The largest absolute Gasteiger partial charge is 0.491 e. The van der Waals surface area contributed by atoms with Gasteiger partial charge >= 0.3 is 0 Å². The summed E-state index contributed by atoms with van der Waals surface area (Å²) in [5.41, 5.74) is -0.617. The Morgan fingerprint density at radius 2 is 2.11 bits per heavy atom. The highest BCUT2D eigenvalue weighted by molar-refractivity contribution is 5.80. The second kappa shape index (κ2) is 5.91. The fourth-order valence-corrected chi connectivity index (χ4v) is 1.85. The molecule has 1 aromatic heterocycles. The molecule has 1 N–H and O–H groups in total. The summed E-state index contributed by atoms with van der Waals surface area (Å²) in [7, 11) is 1.44. The van der Waals surface area contributed by atoms with Gasteiger partial charge in [0.25, 0.3) is 5.56 Å². The first-order valence-electron chi connectivity index (χ1n) is 6.37. The van der Waals surface area contributed by atoms with Crippen molar-refractivity contribution in [2.75, 3.05) is 7.11 Å². The maximum atomic E-state index is 12.2. The van der Waals surface area contributed by atoms with Crippen LogP contribution in [0.15, 0.2) is 23.1 Å². The van der Waals surface area contributed by atoms with Crippen molar-refractivity contribution >= 4 is 5.91 Å². The molecule has 1 rings (SSSR count). The van der Waals surface area contributed by atoms with Crippen molar-refractivity contribution in [2.45, 2.75) is 45.7 Å². The van der Waals surface area contributed by atoms with Crippen molar-refractivity contribution in [1.29, 1.82) is 0 Å². The zero-order chi connectivity index (χ0) is 14.6. The fourth-order valence-electron chi connectivity index (χ4n) is 1.85. The van der Waals surface area contributed by atoms with Crippen LogP contribution in [0.2, 0.25) is 0 Å². The van der Waals surface area contributed by atoms with Crippen molar-refractivity contribution in [2.24, 2.45) is 0 Å². The highest BCUT2D eigenvalue weighted by Gasteiger charge is 2.24. The van der Waals surface area contributed by atoms with Crippen LogP contribution < -0.4 is 15.6 Å². The highest BCUT2D eigenvalue weighted by atomic mass is 16.5. The van der Waals surface area contributed by atoms with E-state index in [9.17, 15) is 9.59 Å². The smallest absolute Gasteiger partial charge is 0.293 e. The second-order valence-corrected chi connectivity index (χ2v) is 5.45. The van der Waals surface area contributed by atoms with E-state index >= 15 is 0 Å². The average molecular weight is 266 g/mol. The highest BCUT2D eigenvalue weighted by Crippen LogP contribution is 2.13. The Kier molecular flexibility index (Phi) is 4.75. The number of hydrogen-bond acceptors (Lipinski definition) is 3. The molecule has 0 fully saturated rings. The minimum absolute atomic E-state index is 0.162. The predicted molar refractivity (Wildman–Crippen MR) is 74.5 cm³/mol. The maximum absolute atomic E-state index is 12.2. The normalized spacial score (nSPS) is 12.9. The van der Waals surface area contributed by atoms with E-state index in [1.807, 2.05) is 27.7 Å². The molecular formula is C14H22N2O3. The van der Waals surface area contributed by atoms with Crippen molar-refractivity contribution in [3.63, 3.8) is 0 Å². The monoisotopic (exact) mass is 266 g/mol. The summed E-state index contributed by atoms with van der Waals surface area (Å²) >= 11 is 0. The van der Waals surface area contributed by atoms with Crippen LogP contribution in [0.4, 0.5) is 0 Å². The molecule has 0 bridgehead atoms. The lowest BCUT2D eigenvalue weighted by Crippen LogP contribution is -2.45. The number of hydrogen-bond donors (Lipinski definition) is 1. The molecule has 0 saturated heterocycles. The van der Waals surface area contributed by atoms with Gasteiger partial charge in [-0.3, -0.25) is 14.2 Å². The molecule has 1 heterocycles. The second-order valence-electron chi connectivity index (χ2n) is 5.45. The van der Waals surface area contributed by atoms with E-state index in [4.69, 9.17) is 4.74 Å². The van der Waals surface area contributed by atoms with E-state index < -0.39 is 6.04 Å². The van der Waals surface area contributed by atoms with Crippen molar-refractivity contribution in [3.05, 3.63) is 28.7 Å². The van der Waals surface area contributed by atoms with Gasteiger partial charge in [-0.1, -0.05) is 6.92 Å². The number of nitrogens with zero attached hydrogens (tertiary/aromatic N) is 1. The van der Waals surface area contributed by atoms with Crippen LogP contribution in [0.3, 0.4) is 0 Å². The Hall–Kier alpha value is -1.78. The number of nitrogens with one attached hydrogen (secondary N) is 1. The number of aromatic nitrogens is 1. The lowest BCUT2D eigenvalue weighted by atomic mass is 10.1. The Morgan fingerprint density at radius 3 is 2.58 bits per heavy atom. The quantitative estimate of drug-likeness (QED) is 0.902. The van der Waals surface area contributed by atoms with Crippen LogP contribution in [0.5, 0.6) is 5.75 Å². The Bertz CT molecular complexity index is 500. The Balaban J connectivity index is 3.11. The molecule has 0 radical (unpaired) electrons. The standard InChI is InChI=1S/C14H22N2O3/c1-6-10(12(17)15-14(2,3)4)16-9-7-8-11(19-5)13(16)18/h7-10H,6H2,1-5H3,(H,15,17)/t10-/m0/s1. The number of ether oxygens (including phenoxy) is 1. The topological polar surface area (TPSA) is 60.3 Å². The first-order valence-corrected chi connectivity index (χ1v) is 6.37. The molecule has 5 heteroatoms. The summed E-state index contributed by atoms with van der Waals surface area (Å²) in [6, 6.07) is 2.77. The summed E-state index contributed by atoms with van der Waals surface area (Å²) in [6.45, 7) is 7.60. The van der Waals surface area contributed by atoms with Crippen molar-refractivity contribution in [3.8, 4) is 5.75 Å². The molecule has 0 spiro atoms. The summed E-state index contributed by atoms with van der Waals surface area (Å²) in [5, 5.41) is 2.89. The lowest BCUT2D eigenvalue weighted by molar-refractivity contribution is -0.126. The van der Waals surface area contributed by atoms with Gasteiger partial charge in [-0.05, 0) is 39.3 Å².